The highest BCUT2D eigenvalue weighted by molar-refractivity contribution is 6.36. The first-order valence-corrected chi connectivity index (χ1v) is 11.0. The quantitative estimate of drug-likeness (QED) is 0.424. The largest absolute Gasteiger partial charge is 0.359 e. The van der Waals surface area contributed by atoms with Crippen LogP contribution in [0.5, 0.6) is 0 Å². The van der Waals surface area contributed by atoms with Gasteiger partial charge in [-0.1, -0.05) is 81.0 Å². The minimum absolute atomic E-state index is 0.0390. The highest BCUT2D eigenvalue weighted by Crippen LogP contribution is 2.25. The van der Waals surface area contributed by atoms with Gasteiger partial charge in [-0.2, -0.15) is 5.26 Å². The molecule has 0 heterocycles. The number of halogens is 2. The van der Waals surface area contributed by atoms with E-state index in [1.807, 2.05) is 6.07 Å². The summed E-state index contributed by atoms with van der Waals surface area (Å²) in [4.78, 5) is 12.6. The number of benzene rings is 1. The van der Waals surface area contributed by atoms with Crippen LogP contribution in [0.25, 0.3) is 0 Å². The van der Waals surface area contributed by atoms with Crippen LogP contribution in [0.15, 0.2) is 30.0 Å². The second-order valence-corrected chi connectivity index (χ2v) is 8.21. The Bertz CT molecular complexity index is 700. The number of hydrogen-bond acceptors (Lipinski definition) is 3. The van der Waals surface area contributed by atoms with Crippen LogP contribution in [0, 0.1) is 11.3 Å². The number of hydrogen-bond donors (Lipinski definition) is 2. The van der Waals surface area contributed by atoms with Crippen LogP contribution in [0.2, 0.25) is 10.0 Å². The molecule has 1 aliphatic carbocycles. The summed E-state index contributed by atoms with van der Waals surface area (Å²) in [6, 6.07) is 7.12. The molecule has 0 saturated heterocycles. The molecule has 6 heteroatoms. The molecular weight excluding hydrogens is 393 g/mol. The second-order valence-electron chi connectivity index (χ2n) is 7.37. The van der Waals surface area contributed by atoms with E-state index >= 15 is 0 Å². The molecule has 0 radical (unpaired) electrons. The summed E-state index contributed by atoms with van der Waals surface area (Å²) in [7, 11) is 0. The molecule has 152 valence electrons. The predicted octanol–water partition coefficient (Wildman–Crippen LogP) is 6.60. The third-order valence-electron chi connectivity index (χ3n) is 5.11. The third-order valence-corrected chi connectivity index (χ3v) is 5.66. The Kier molecular flexibility index (Phi) is 10.2. The van der Waals surface area contributed by atoms with Crippen molar-refractivity contribution in [3.8, 4) is 6.07 Å². The Morgan fingerprint density at radius 3 is 2.11 bits per heavy atom. The Balaban J connectivity index is 1.94. The molecule has 1 aromatic rings. The van der Waals surface area contributed by atoms with Crippen LogP contribution in [0.4, 0.5) is 5.69 Å². The first kappa shape index (κ1) is 22.6. The van der Waals surface area contributed by atoms with Crippen molar-refractivity contribution in [2.75, 3.05) is 5.32 Å². The zero-order valence-electron chi connectivity index (χ0n) is 16.3. The minimum atomic E-state index is -0.336. The van der Waals surface area contributed by atoms with Gasteiger partial charge in [0, 0.05) is 17.3 Å². The molecule has 1 amide bonds. The van der Waals surface area contributed by atoms with Gasteiger partial charge in [-0.25, -0.2) is 0 Å². The molecule has 28 heavy (non-hydrogen) atoms. The number of rotatable bonds is 4. The van der Waals surface area contributed by atoms with Gasteiger partial charge in [0.25, 0.3) is 5.91 Å². The van der Waals surface area contributed by atoms with Gasteiger partial charge in [-0.3, -0.25) is 4.79 Å². The first-order chi connectivity index (χ1) is 13.6. The summed E-state index contributed by atoms with van der Waals surface area (Å²) in [5.74, 6) is -0.336. The smallest absolute Gasteiger partial charge is 0.263 e. The molecule has 1 saturated carbocycles. The van der Waals surface area contributed by atoms with Crippen molar-refractivity contribution in [1.29, 1.82) is 5.26 Å². The molecule has 0 bridgehead atoms. The molecule has 0 unspecified atom stereocenters. The number of nitrogens with zero attached hydrogens (tertiary/aromatic N) is 1. The predicted molar refractivity (Wildman–Crippen MR) is 116 cm³/mol. The molecule has 2 N–H and O–H groups in total. The van der Waals surface area contributed by atoms with Crippen LogP contribution in [0.3, 0.4) is 0 Å². The highest BCUT2D eigenvalue weighted by atomic mass is 35.5. The summed E-state index contributed by atoms with van der Waals surface area (Å²) < 4.78 is 0. The van der Waals surface area contributed by atoms with Crippen LogP contribution < -0.4 is 10.6 Å². The first-order valence-electron chi connectivity index (χ1n) is 10.2. The van der Waals surface area contributed by atoms with Gasteiger partial charge >= 0.3 is 0 Å². The molecule has 0 aliphatic heterocycles. The number of carbonyl (C=O) groups excluding carboxylic acids is 1. The summed E-state index contributed by atoms with van der Waals surface area (Å²) in [5.41, 5.74) is 0.634. The second kappa shape index (κ2) is 12.7. The molecular formula is C22H29Cl2N3O. The van der Waals surface area contributed by atoms with Gasteiger partial charge in [-0.15, -0.1) is 0 Å². The lowest BCUT2D eigenvalue weighted by atomic mass is 9.98. The van der Waals surface area contributed by atoms with Crippen molar-refractivity contribution in [2.45, 2.75) is 76.7 Å². The van der Waals surface area contributed by atoms with Crippen molar-refractivity contribution in [3.63, 3.8) is 0 Å². The Morgan fingerprint density at radius 2 is 1.57 bits per heavy atom. The van der Waals surface area contributed by atoms with E-state index in [1.54, 1.807) is 18.2 Å². The maximum absolute atomic E-state index is 12.6. The van der Waals surface area contributed by atoms with E-state index in [4.69, 9.17) is 23.2 Å². The molecule has 0 aromatic heterocycles. The summed E-state index contributed by atoms with van der Waals surface area (Å²) in [5, 5.41) is 16.3. The van der Waals surface area contributed by atoms with E-state index in [-0.39, 0.29) is 17.5 Å². The van der Waals surface area contributed by atoms with Gasteiger partial charge in [0.2, 0.25) is 0 Å². The Labute approximate surface area is 178 Å². The summed E-state index contributed by atoms with van der Waals surface area (Å²) in [6.45, 7) is 0. The Morgan fingerprint density at radius 1 is 1.00 bits per heavy atom. The van der Waals surface area contributed by atoms with Crippen molar-refractivity contribution in [2.24, 2.45) is 0 Å². The standard InChI is InChI=1S/C22H29Cl2N3O/c23-18-12-13-21(20(24)14-18)26-16-17(15-25)22(28)27-19-10-8-6-4-2-1-3-5-7-9-11-19/h12-14,16,19,26H,1-11H2,(H,27,28)/b17-16-. The van der Waals surface area contributed by atoms with E-state index in [0.717, 1.165) is 25.7 Å². The van der Waals surface area contributed by atoms with Crippen molar-refractivity contribution in [3.05, 3.63) is 40.0 Å². The lowest BCUT2D eigenvalue weighted by Gasteiger charge is -2.19. The number of nitriles is 1. The minimum Gasteiger partial charge on any atom is -0.359 e. The fourth-order valence-corrected chi connectivity index (χ4v) is 3.94. The average molecular weight is 422 g/mol. The van der Waals surface area contributed by atoms with E-state index < -0.39 is 0 Å². The highest BCUT2D eigenvalue weighted by Gasteiger charge is 2.16. The molecule has 0 spiro atoms. The molecule has 4 nitrogen and oxygen atoms in total. The van der Waals surface area contributed by atoms with Crippen LogP contribution in [-0.4, -0.2) is 11.9 Å². The lowest BCUT2D eigenvalue weighted by Crippen LogP contribution is -2.35. The number of carbonyl (C=O) groups is 1. The number of amides is 1. The number of nitrogens with one attached hydrogen (secondary N) is 2. The van der Waals surface area contributed by atoms with Gasteiger partial charge in [0.15, 0.2) is 0 Å². The van der Waals surface area contributed by atoms with Crippen LogP contribution in [0.1, 0.15) is 70.6 Å². The van der Waals surface area contributed by atoms with Crippen LogP contribution in [-0.2, 0) is 4.79 Å². The van der Waals surface area contributed by atoms with Gasteiger partial charge in [-0.05, 0) is 31.0 Å². The number of anilines is 1. The molecule has 0 atom stereocenters. The maximum Gasteiger partial charge on any atom is 0.263 e. The van der Waals surface area contributed by atoms with Gasteiger partial charge in [0.1, 0.15) is 11.6 Å². The van der Waals surface area contributed by atoms with Crippen molar-refractivity contribution < 1.29 is 4.79 Å². The molecule has 1 fully saturated rings. The fraction of sp³-hybridized carbons (Fsp3) is 0.545. The summed E-state index contributed by atoms with van der Waals surface area (Å²) >= 11 is 12.0. The fourth-order valence-electron chi connectivity index (χ4n) is 3.48. The van der Waals surface area contributed by atoms with Crippen molar-refractivity contribution >= 4 is 34.8 Å². The summed E-state index contributed by atoms with van der Waals surface area (Å²) in [6.07, 6.45) is 14.5. The maximum atomic E-state index is 12.6. The van der Waals surface area contributed by atoms with Gasteiger partial charge < -0.3 is 10.6 Å². The van der Waals surface area contributed by atoms with E-state index in [0.29, 0.717) is 15.7 Å². The molecule has 1 aromatic carbocycles. The van der Waals surface area contributed by atoms with E-state index in [1.165, 1.54) is 51.1 Å². The van der Waals surface area contributed by atoms with Crippen molar-refractivity contribution in [1.82, 2.24) is 5.32 Å². The molecule has 2 rings (SSSR count). The lowest BCUT2D eigenvalue weighted by molar-refractivity contribution is -0.117. The zero-order valence-corrected chi connectivity index (χ0v) is 17.8. The molecule has 1 aliphatic rings. The van der Waals surface area contributed by atoms with Gasteiger partial charge in [0.05, 0.1) is 10.7 Å². The SMILES string of the molecule is N#C/C(=C/Nc1ccc(Cl)cc1Cl)C(=O)NC1CCCCCCCCCCC1. The monoisotopic (exact) mass is 421 g/mol. The van der Waals surface area contributed by atoms with E-state index in [2.05, 4.69) is 10.6 Å². The Hall–Kier alpha value is -1.70. The van der Waals surface area contributed by atoms with E-state index in [9.17, 15) is 10.1 Å². The topological polar surface area (TPSA) is 64.9 Å². The normalized spacial score (nSPS) is 17.7. The third kappa shape index (κ3) is 8.12. The average Bonchev–Trinajstić information content (AvgIpc) is 2.66. The zero-order chi connectivity index (χ0) is 20.2. The van der Waals surface area contributed by atoms with Crippen LogP contribution >= 0.6 is 23.2 Å².